The van der Waals surface area contributed by atoms with Gasteiger partial charge in [0.2, 0.25) is 10.0 Å². The Morgan fingerprint density at radius 3 is 2.54 bits per heavy atom. The fourth-order valence-corrected chi connectivity index (χ4v) is 5.87. The van der Waals surface area contributed by atoms with E-state index in [9.17, 15) is 8.42 Å². The number of sulfonamides is 1. The molecule has 0 fully saturated rings. The second kappa shape index (κ2) is 12.0. The molecule has 0 saturated carbocycles. The molecule has 0 aliphatic carbocycles. The average molecular weight is 534 g/mol. The smallest absolute Gasteiger partial charge is 0.243 e. The standard InChI is InChI=1S/C25H32ClN5O2S2/c1-5-13-31(14-6-2)35(32,33)20-11-12-24-21(15-20)19(17-30(24)7-3)16-27-29-25(34)28-23-10-8-9-22(26)18(23)4/h8-12,15-17H,5-7,13-14H2,1-4H3,(H2,28,29,34)/b27-16-. The first kappa shape index (κ1) is 27.1. The van der Waals surface area contributed by atoms with E-state index in [0.29, 0.717) is 23.2 Å². The number of hydrogen-bond donors (Lipinski definition) is 2. The van der Waals surface area contributed by atoms with Crippen LogP contribution in [-0.2, 0) is 16.6 Å². The first-order valence-corrected chi connectivity index (χ1v) is 13.9. The van der Waals surface area contributed by atoms with Crippen LogP contribution in [0.2, 0.25) is 5.02 Å². The van der Waals surface area contributed by atoms with Gasteiger partial charge in [0.25, 0.3) is 0 Å². The van der Waals surface area contributed by atoms with Gasteiger partial charge >= 0.3 is 0 Å². The summed E-state index contributed by atoms with van der Waals surface area (Å²) in [6.07, 6.45) is 5.14. The van der Waals surface area contributed by atoms with Crippen molar-refractivity contribution in [3.8, 4) is 0 Å². The van der Waals surface area contributed by atoms with E-state index in [0.717, 1.165) is 47.1 Å². The lowest BCUT2D eigenvalue weighted by molar-refractivity contribution is 0.410. The second-order valence-corrected chi connectivity index (χ2v) is 10.9. The lowest BCUT2D eigenvalue weighted by Gasteiger charge is -2.21. The summed E-state index contributed by atoms with van der Waals surface area (Å²) in [6.45, 7) is 9.66. The van der Waals surface area contributed by atoms with Crippen molar-refractivity contribution in [3.63, 3.8) is 0 Å². The van der Waals surface area contributed by atoms with E-state index in [1.807, 2.05) is 58.2 Å². The second-order valence-electron chi connectivity index (χ2n) is 8.19. The van der Waals surface area contributed by atoms with Crippen LogP contribution in [0.15, 0.2) is 52.6 Å². The van der Waals surface area contributed by atoms with E-state index in [-0.39, 0.29) is 4.90 Å². The highest BCUT2D eigenvalue weighted by atomic mass is 35.5. The third-order valence-electron chi connectivity index (χ3n) is 5.69. The number of thiocarbonyl (C=S) groups is 1. The van der Waals surface area contributed by atoms with E-state index >= 15 is 0 Å². The van der Waals surface area contributed by atoms with Gasteiger partial charge < -0.3 is 9.88 Å². The Kier molecular flexibility index (Phi) is 9.29. The predicted molar refractivity (Wildman–Crippen MR) is 150 cm³/mol. The van der Waals surface area contributed by atoms with Crippen molar-refractivity contribution in [1.29, 1.82) is 0 Å². The van der Waals surface area contributed by atoms with Crippen LogP contribution in [0.3, 0.4) is 0 Å². The molecule has 3 rings (SSSR count). The fraction of sp³-hybridized carbons (Fsp3) is 0.360. The third-order valence-corrected chi connectivity index (χ3v) is 8.19. The lowest BCUT2D eigenvalue weighted by Crippen LogP contribution is -2.32. The Balaban J connectivity index is 1.87. The summed E-state index contributed by atoms with van der Waals surface area (Å²) in [5.41, 5.74) is 6.26. The van der Waals surface area contributed by atoms with Crippen molar-refractivity contribution in [2.24, 2.45) is 5.10 Å². The van der Waals surface area contributed by atoms with Gasteiger partial charge in [-0.2, -0.15) is 9.41 Å². The maximum atomic E-state index is 13.3. The largest absolute Gasteiger partial charge is 0.347 e. The van der Waals surface area contributed by atoms with Gasteiger partial charge in [-0.1, -0.05) is 31.5 Å². The molecule has 0 bridgehead atoms. The number of aryl methyl sites for hydroxylation is 1. The normalized spacial score (nSPS) is 12.1. The highest BCUT2D eigenvalue weighted by Gasteiger charge is 2.24. The number of rotatable bonds is 10. The molecule has 35 heavy (non-hydrogen) atoms. The van der Waals surface area contributed by atoms with E-state index in [4.69, 9.17) is 23.8 Å². The molecule has 3 aromatic rings. The first-order valence-electron chi connectivity index (χ1n) is 11.7. The monoisotopic (exact) mass is 533 g/mol. The number of halogens is 1. The zero-order valence-electron chi connectivity index (χ0n) is 20.5. The summed E-state index contributed by atoms with van der Waals surface area (Å²) in [5, 5.41) is 9.16. The van der Waals surface area contributed by atoms with Crippen LogP contribution < -0.4 is 10.7 Å². The van der Waals surface area contributed by atoms with Gasteiger partial charge in [0.1, 0.15) is 0 Å². The van der Waals surface area contributed by atoms with Crippen molar-refractivity contribution < 1.29 is 8.42 Å². The van der Waals surface area contributed by atoms with Crippen LogP contribution in [-0.4, -0.2) is 41.7 Å². The molecule has 1 aromatic heterocycles. The summed E-state index contributed by atoms with van der Waals surface area (Å²) in [4.78, 5) is 0.289. The minimum Gasteiger partial charge on any atom is -0.347 e. The van der Waals surface area contributed by atoms with Crippen LogP contribution in [0.1, 0.15) is 44.7 Å². The number of anilines is 1. The van der Waals surface area contributed by atoms with E-state index < -0.39 is 10.0 Å². The summed E-state index contributed by atoms with van der Waals surface area (Å²) in [7, 11) is -3.58. The minimum absolute atomic E-state index is 0.289. The molecule has 0 spiro atoms. The molecule has 188 valence electrons. The summed E-state index contributed by atoms with van der Waals surface area (Å²) >= 11 is 11.5. The predicted octanol–water partition coefficient (Wildman–Crippen LogP) is 5.75. The van der Waals surface area contributed by atoms with Crippen molar-refractivity contribution in [2.45, 2.75) is 52.0 Å². The summed E-state index contributed by atoms with van der Waals surface area (Å²) in [6, 6.07) is 10.8. The maximum absolute atomic E-state index is 13.3. The molecule has 0 amide bonds. The van der Waals surface area contributed by atoms with Gasteiger partial charge in [-0.25, -0.2) is 8.42 Å². The molecule has 1 heterocycles. The SMILES string of the molecule is CCCN(CCC)S(=O)(=O)c1ccc2c(c1)c(/C=N\NC(=S)Nc1cccc(Cl)c1C)cn2CC. The van der Waals surface area contributed by atoms with Gasteiger partial charge in [-0.15, -0.1) is 0 Å². The molecule has 0 radical (unpaired) electrons. The molecule has 0 aliphatic rings. The molecule has 0 unspecified atom stereocenters. The maximum Gasteiger partial charge on any atom is 0.243 e. The number of hydrazone groups is 1. The molecule has 2 N–H and O–H groups in total. The van der Waals surface area contributed by atoms with Crippen LogP contribution in [0, 0.1) is 6.92 Å². The molecule has 0 aliphatic heterocycles. The van der Waals surface area contributed by atoms with Gasteiger partial charge in [0.05, 0.1) is 11.1 Å². The Hall–Kier alpha value is -2.46. The molecule has 0 saturated heterocycles. The zero-order valence-corrected chi connectivity index (χ0v) is 22.9. The van der Waals surface area contributed by atoms with Crippen molar-refractivity contribution in [3.05, 3.63) is 58.7 Å². The Labute approximate surface area is 218 Å². The molecule has 0 atom stereocenters. The lowest BCUT2D eigenvalue weighted by atomic mass is 10.2. The van der Waals surface area contributed by atoms with Gasteiger partial charge in [0.15, 0.2) is 5.11 Å². The number of fused-ring (bicyclic) bond motifs is 1. The number of aromatic nitrogens is 1. The molecular weight excluding hydrogens is 502 g/mol. The minimum atomic E-state index is -3.58. The Morgan fingerprint density at radius 2 is 1.89 bits per heavy atom. The van der Waals surface area contributed by atoms with Crippen LogP contribution >= 0.6 is 23.8 Å². The highest BCUT2D eigenvalue weighted by molar-refractivity contribution is 7.89. The van der Waals surface area contributed by atoms with Gasteiger partial charge in [-0.05, 0) is 74.8 Å². The highest BCUT2D eigenvalue weighted by Crippen LogP contribution is 2.26. The summed E-state index contributed by atoms with van der Waals surface area (Å²) < 4.78 is 30.2. The fourth-order valence-electron chi connectivity index (χ4n) is 3.88. The van der Waals surface area contributed by atoms with Crippen LogP contribution in [0.4, 0.5) is 5.69 Å². The molecule has 7 nitrogen and oxygen atoms in total. The number of nitrogens with one attached hydrogen (secondary N) is 2. The third kappa shape index (κ3) is 6.22. The number of benzene rings is 2. The van der Waals surface area contributed by atoms with E-state index in [1.54, 1.807) is 22.7 Å². The number of hydrogen-bond acceptors (Lipinski definition) is 4. The van der Waals surface area contributed by atoms with Gasteiger partial charge in [0, 0.05) is 53.0 Å². The van der Waals surface area contributed by atoms with E-state index in [1.165, 1.54) is 0 Å². The Bertz CT molecular complexity index is 1330. The summed E-state index contributed by atoms with van der Waals surface area (Å²) in [5.74, 6) is 0. The van der Waals surface area contributed by atoms with Crippen LogP contribution in [0.25, 0.3) is 10.9 Å². The van der Waals surface area contributed by atoms with Crippen molar-refractivity contribution in [2.75, 3.05) is 18.4 Å². The van der Waals surface area contributed by atoms with E-state index in [2.05, 4.69) is 20.4 Å². The zero-order chi connectivity index (χ0) is 25.6. The molecular formula is C25H32ClN5O2S2. The number of nitrogens with zero attached hydrogens (tertiary/aromatic N) is 3. The van der Waals surface area contributed by atoms with Crippen LogP contribution in [0.5, 0.6) is 0 Å². The average Bonchev–Trinajstić information content (AvgIpc) is 3.19. The van der Waals surface area contributed by atoms with Crippen molar-refractivity contribution in [1.82, 2.24) is 14.3 Å². The topological polar surface area (TPSA) is 78.7 Å². The van der Waals surface area contributed by atoms with Crippen molar-refractivity contribution >= 4 is 61.8 Å². The quantitative estimate of drug-likeness (QED) is 0.197. The Morgan fingerprint density at radius 1 is 1.17 bits per heavy atom. The molecule has 2 aromatic carbocycles. The van der Waals surface area contributed by atoms with Gasteiger partial charge in [-0.3, -0.25) is 5.43 Å². The first-order chi connectivity index (χ1) is 16.7. The molecule has 10 heteroatoms.